The van der Waals surface area contributed by atoms with E-state index in [0.717, 1.165) is 11.8 Å². The van der Waals surface area contributed by atoms with E-state index in [4.69, 9.17) is 0 Å². The summed E-state index contributed by atoms with van der Waals surface area (Å²) in [5, 5.41) is 0.593. The Hall–Kier alpha value is 0.0649. The summed E-state index contributed by atoms with van der Waals surface area (Å²) < 4.78 is 0. The fraction of sp³-hybridized carbons (Fsp3) is 1.00. The van der Waals surface area contributed by atoms with Crippen molar-refractivity contribution >= 4 is 7.85 Å². The minimum Gasteiger partial charge on any atom is -0.0669 e. The predicted molar refractivity (Wildman–Crippen MR) is 76.7 cm³/mol. The molecule has 0 spiro atoms. The Balaban J connectivity index is 2.76. The minimum atomic E-state index is 0.558. The Labute approximate surface area is 104 Å². The molecule has 0 amide bonds. The van der Waals surface area contributed by atoms with E-state index >= 15 is 0 Å². The summed E-state index contributed by atoms with van der Waals surface area (Å²) >= 11 is 0. The summed E-state index contributed by atoms with van der Waals surface area (Å²) in [6.07, 6.45) is 8.45. The van der Waals surface area contributed by atoms with E-state index in [1.807, 2.05) is 0 Å². The molecule has 0 aliphatic heterocycles. The fourth-order valence-corrected chi connectivity index (χ4v) is 4.12. The smallest absolute Gasteiger partial charge is 0.0669 e. The van der Waals surface area contributed by atoms with Gasteiger partial charge in [-0.05, 0) is 23.7 Å². The van der Waals surface area contributed by atoms with Gasteiger partial charge < -0.3 is 0 Å². The Morgan fingerprint density at radius 1 is 1.19 bits per heavy atom. The van der Waals surface area contributed by atoms with Crippen LogP contribution in [-0.4, -0.2) is 7.85 Å². The first-order valence-electron chi connectivity index (χ1n) is 7.32. The third-order valence-electron chi connectivity index (χ3n) is 4.71. The molecular weight excluding hydrogens is 191 g/mol. The van der Waals surface area contributed by atoms with Crippen LogP contribution >= 0.6 is 0 Å². The fourth-order valence-electron chi connectivity index (χ4n) is 4.12. The first-order chi connectivity index (χ1) is 7.32. The molecule has 1 aliphatic carbocycles. The molecule has 0 nitrogen and oxygen atoms in total. The largest absolute Gasteiger partial charge is 0.109 e. The van der Waals surface area contributed by atoms with E-state index in [1.165, 1.54) is 38.5 Å². The first kappa shape index (κ1) is 14.1. The lowest BCUT2D eigenvalue weighted by Gasteiger charge is -2.36. The van der Waals surface area contributed by atoms with Crippen molar-refractivity contribution in [2.24, 2.45) is 17.3 Å². The van der Waals surface area contributed by atoms with Crippen molar-refractivity contribution < 1.29 is 0 Å². The molecule has 0 aromatic carbocycles. The summed E-state index contributed by atoms with van der Waals surface area (Å²) in [7, 11) is 2.47. The molecule has 16 heavy (non-hydrogen) atoms. The Morgan fingerprint density at radius 2 is 1.81 bits per heavy atom. The average Bonchev–Trinajstić information content (AvgIpc) is 2.42. The van der Waals surface area contributed by atoms with Crippen molar-refractivity contribution in [3.63, 3.8) is 0 Å². The van der Waals surface area contributed by atoms with Gasteiger partial charge in [0.2, 0.25) is 0 Å². The van der Waals surface area contributed by atoms with Crippen LogP contribution in [-0.2, 0) is 0 Å². The van der Waals surface area contributed by atoms with Gasteiger partial charge in [-0.3, -0.25) is 0 Å². The molecule has 1 heteroatoms. The van der Waals surface area contributed by atoms with Crippen molar-refractivity contribution in [3.05, 3.63) is 0 Å². The van der Waals surface area contributed by atoms with Gasteiger partial charge in [-0.1, -0.05) is 72.0 Å². The Bertz CT molecular complexity index is 217. The second kappa shape index (κ2) is 5.15. The van der Waals surface area contributed by atoms with Crippen LogP contribution in [0.15, 0.2) is 0 Å². The number of hydrogen-bond acceptors (Lipinski definition) is 0. The van der Waals surface area contributed by atoms with E-state index < -0.39 is 0 Å². The predicted octanol–water partition coefficient (Wildman–Crippen LogP) is 4.45. The second-order valence-electron chi connectivity index (χ2n) is 7.47. The van der Waals surface area contributed by atoms with E-state index in [-0.39, 0.29) is 0 Å². The molecule has 3 atom stereocenters. The van der Waals surface area contributed by atoms with Crippen LogP contribution in [0.5, 0.6) is 0 Å². The van der Waals surface area contributed by atoms with Gasteiger partial charge in [-0.25, -0.2) is 0 Å². The summed E-state index contributed by atoms with van der Waals surface area (Å²) in [5.74, 6) is 1.95. The molecule has 1 aliphatic rings. The lowest BCUT2D eigenvalue weighted by molar-refractivity contribution is 0.142. The normalized spacial score (nSPS) is 35.6. The number of rotatable bonds is 5. The summed E-state index contributed by atoms with van der Waals surface area (Å²) in [4.78, 5) is 0. The molecular formula is C15H31B. The highest BCUT2D eigenvalue weighted by Crippen LogP contribution is 2.56. The average molecular weight is 222 g/mol. The zero-order valence-corrected chi connectivity index (χ0v) is 12.4. The molecule has 0 aromatic rings. The topological polar surface area (TPSA) is 0 Å². The van der Waals surface area contributed by atoms with Gasteiger partial charge >= 0.3 is 0 Å². The zero-order valence-electron chi connectivity index (χ0n) is 12.4. The van der Waals surface area contributed by atoms with Crippen LogP contribution in [0.25, 0.3) is 0 Å². The maximum Gasteiger partial charge on any atom is 0.109 e. The van der Waals surface area contributed by atoms with E-state index in [2.05, 4.69) is 42.5 Å². The Kier molecular flexibility index (Phi) is 4.54. The molecule has 1 rings (SSSR count). The van der Waals surface area contributed by atoms with Crippen LogP contribution in [0, 0.1) is 17.3 Å². The van der Waals surface area contributed by atoms with Crippen LogP contribution in [0.4, 0.5) is 0 Å². The lowest BCUT2D eigenvalue weighted by atomic mass is 9.66. The zero-order chi connectivity index (χ0) is 12.4. The Morgan fingerprint density at radius 3 is 2.31 bits per heavy atom. The highest BCUT2D eigenvalue weighted by molar-refractivity contribution is 6.15. The van der Waals surface area contributed by atoms with Crippen LogP contribution in [0.2, 0.25) is 5.31 Å². The van der Waals surface area contributed by atoms with E-state index in [0.29, 0.717) is 10.7 Å². The van der Waals surface area contributed by atoms with E-state index in [9.17, 15) is 0 Å². The molecule has 94 valence electrons. The second-order valence-corrected chi connectivity index (χ2v) is 7.47. The van der Waals surface area contributed by atoms with Crippen molar-refractivity contribution in [1.82, 2.24) is 0 Å². The van der Waals surface area contributed by atoms with Gasteiger partial charge in [0.25, 0.3) is 0 Å². The molecule has 1 saturated carbocycles. The van der Waals surface area contributed by atoms with Crippen molar-refractivity contribution in [3.8, 4) is 0 Å². The van der Waals surface area contributed by atoms with Crippen LogP contribution in [0.3, 0.4) is 0 Å². The monoisotopic (exact) mass is 222 g/mol. The van der Waals surface area contributed by atoms with Crippen LogP contribution < -0.4 is 0 Å². The molecule has 0 radical (unpaired) electrons. The molecule has 1 fully saturated rings. The van der Waals surface area contributed by atoms with Gasteiger partial charge in [0, 0.05) is 0 Å². The maximum absolute atomic E-state index is 2.51. The highest BCUT2D eigenvalue weighted by atomic mass is 14.5. The standard InChI is InChI=1S/C15H31B/c1-6-8-12-10-15(5,16)11-13(12)14(3,4)9-7-2/h12-13H,6-11,16H2,1-5H3. The first-order valence-corrected chi connectivity index (χ1v) is 7.32. The van der Waals surface area contributed by atoms with Gasteiger partial charge in [0.05, 0.1) is 0 Å². The van der Waals surface area contributed by atoms with Gasteiger partial charge in [-0.2, -0.15) is 0 Å². The molecule has 0 aromatic heterocycles. The summed E-state index contributed by atoms with van der Waals surface area (Å²) in [6.45, 7) is 12.2. The molecule has 0 bridgehead atoms. The maximum atomic E-state index is 2.51. The van der Waals surface area contributed by atoms with Crippen molar-refractivity contribution in [2.45, 2.75) is 78.5 Å². The third-order valence-corrected chi connectivity index (χ3v) is 4.71. The van der Waals surface area contributed by atoms with Gasteiger partial charge in [-0.15, -0.1) is 0 Å². The molecule has 0 saturated heterocycles. The summed E-state index contributed by atoms with van der Waals surface area (Å²) in [6, 6.07) is 0. The molecule has 0 N–H and O–H groups in total. The number of hydrogen-bond donors (Lipinski definition) is 0. The van der Waals surface area contributed by atoms with Crippen molar-refractivity contribution in [2.75, 3.05) is 0 Å². The van der Waals surface area contributed by atoms with Crippen molar-refractivity contribution in [1.29, 1.82) is 0 Å². The quantitative estimate of drug-likeness (QED) is 0.603. The lowest BCUT2D eigenvalue weighted by Crippen LogP contribution is -2.27. The highest BCUT2D eigenvalue weighted by Gasteiger charge is 2.44. The van der Waals surface area contributed by atoms with E-state index in [1.54, 1.807) is 0 Å². The SMILES string of the molecule is BC1(C)CC(CCC)C(C(C)(C)CCC)C1. The van der Waals surface area contributed by atoms with Gasteiger partial charge in [0.1, 0.15) is 7.85 Å². The van der Waals surface area contributed by atoms with Crippen LogP contribution in [0.1, 0.15) is 73.1 Å². The molecule has 0 heterocycles. The minimum absolute atomic E-state index is 0.558. The third kappa shape index (κ3) is 3.28. The van der Waals surface area contributed by atoms with Gasteiger partial charge in [0.15, 0.2) is 0 Å². The summed E-state index contributed by atoms with van der Waals surface area (Å²) in [5.41, 5.74) is 0.558. The molecule has 3 unspecified atom stereocenters.